The van der Waals surface area contributed by atoms with Gasteiger partial charge < -0.3 is 10.2 Å². The molecule has 2 fully saturated rings. The molecule has 226 valence electrons. The molecule has 8 nitrogen and oxygen atoms in total. The maximum atomic E-state index is 14.6. The van der Waals surface area contributed by atoms with Gasteiger partial charge in [0.05, 0.1) is 23.7 Å². The van der Waals surface area contributed by atoms with E-state index in [9.17, 15) is 48.3 Å². The fourth-order valence-electron chi connectivity index (χ4n) is 4.79. The summed E-state index contributed by atoms with van der Waals surface area (Å²) in [6.45, 7) is -0.843. The van der Waals surface area contributed by atoms with Crippen LogP contribution < -0.4 is 10.2 Å². The number of carbonyl (C=O) groups excluding carboxylic acids is 1. The summed E-state index contributed by atoms with van der Waals surface area (Å²) in [5.41, 5.74) is -0.254. The average molecular weight is 617 g/mol. The molecule has 1 aromatic carbocycles. The fourth-order valence-corrected chi connectivity index (χ4v) is 6.60. The van der Waals surface area contributed by atoms with E-state index in [0.717, 1.165) is 35.2 Å². The topological polar surface area (TPSA) is 91.8 Å². The zero-order valence-electron chi connectivity index (χ0n) is 21.2. The second kappa shape index (κ2) is 11.3. The quantitative estimate of drug-likeness (QED) is 0.475. The molecule has 17 heteroatoms. The molecule has 41 heavy (non-hydrogen) atoms. The molecule has 4 atom stereocenters. The largest absolute Gasteiger partial charge is 0.522 e. The summed E-state index contributed by atoms with van der Waals surface area (Å²) in [6.07, 6.45) is -9.95. The fraction of sp³-hybridized carbons (Fsp3) is 0.500. The molecule has 0 bridgehead atoms. The van der Waals surface area contributed by atoms with Crippen LogP contribution >= 0.6 is 0 Å². The summed E-state index contributed by atoms with van der Waals surface area (Å²) in [5.74, 6) is -6.77. The van der Waals surface area contributed by atoms with Gasteiger partial charge in [0.1, 0.15) is 35.8 Å². The van der Waals surface area contributed by atoms with E-state index in [1.165, 1.54) is 6.92 Å². The number of pyridine rings is 1. The molecule has 2 aliphatic rings. The molecule has 0 aliphatic carbocycles. The van der Waals surface area contributed by atoms with Crippen LogP contribution in [-0.2, 0) is 26.1 Å². The summed E-state index contributed by atoms with van der Waals surface area (Å²) >= 11 is 0. The van der Waals surface area contributed by atoms with E-state index in [-0.39, 0.29) is 22.8 Å². The summed E-state index contributed by atoms with van der Waals surface area (Å²) < 4.78 is 139. The van der Waals surface area contributed by atoms with E-state index < -0.39 is 90.1 Å². The molecule has 2 saturated heterocycles. The van der Waals surface area contributed by atoms with Gasteiger partial charge in [0, 0.05) is 25.1 Å². The summed E-state index contributed by atoms with van der Waals surface area (Å²) in [4.78, 5) is 17.3. The first-order chi connectivity index (χ1) is 19.0. The highest BCUT2D eigenvalue weighted by atomic mass is 32.2. The summed E-state index contributed by atoms with van der Waals surface area (Å²) in [7, 11) is -4.45. The van der Waals surface area contributed by atoms with Gasteiger partial charge in [-0.15, -0.1) is 13.2 Å². The Balaban J connectivity index is 1.48. The first kappa shape index (κ1) is 30.9. The van der Waals surface area contributed by atoms with Crippen LogP contribution in [0.2, 0.25) is 0 Å². The van der Waals surface area contributed by atoms with Crippen LogP contribution in [0, 0.1) is 11.6 Å². The number of ether oxygens (including phenoxy) is 1. The standard InChI is InChI=1S/C24H24F8N4O4S/c1-13-17(26)9-19(36(13)41(38,39)16-4-2-15(25)3-5-16)22(37)34-10-14-8-21(33-11-18(14)27)35-7-6-20(23(28,29)12-35)40-24(30,31)32/h2-5,8,11,13,17,19-20H,6-7,9-10,12H2,1H3,(H,34,37)/t13-,17+,19-,20-/m0/s1. The number of aromatic nitrogens is 1. The van der Waals surface area contributed by atoms with Crippen molar-refractivity contribution in [2.24, 2.45) is 0 Å². The molecule has 4 rings (SSSR count). The third kappa shape index (κ3) is 6.72. The Morgan fingerprint density at radius 1 is 1.20 bits per heavy atom. The van der Waals surface area contributed by atoms with Gasteiger partial charge >= 0.3 is 6.36 Å². The Labute approximate surface area is 229 Å². The number of hydrogen-bond donors (Lipinski definition) is 1. The van der Waals surface area contributed by atoms with Gasteiger partial charge in [-0.1, -0.05) is 0 Å². The van der Waals surface area contributed by atoms with Crippen molar-refractivity contribution in [3.63, 3.8) is 0 Å². The van der Waals surface area contributed by atoms with Crippen molar-refractivity contribution < 1.29 is 53.1 Å². The third-order valence-electron chi connectivity index (χ3n) is 6.88. The highest BCUT2D eigenvalue weighted by Gasteiger charge is 2.51. The summed E-state index contributed by atoms with van der Waals surface area (Å²) in [5, 5.41) is 2.31. The van der Waals surface area contributed by atoms with Crippen LogP contribution in [0.4, 0.5) is 40.9 Å². The van der Waals surface area contributed by atoms with E-state index in [1.807, 2.05) is 0 Å². The maximum absolute atomic E-state index is 14.6. The van der Waals surface area contributed by atoms with Crippen LogP contribution in [-0.4, -0.2) is 73.3 Å². The molecule has 1 amide bonds. The molecule has 0 unspecified atom stereocenters. The number of carbonyl (C=O) groups is 1. The second-order valence-electron chi connectivity index (χ2n) is 9.67. The highest BCUT2D eigenvalue weighted by molar-refractivity contribution is 7.89. The van der Waals surface area contributed by atoms with Gasteiger partial charge in [-0.3, -0.25) is 9.53 Å². The zero-order chi connectivity index (χ0) is 30.3. The Hall–Kier alpha value is -3.05. The number of halogens is 8. The lowest BCUT2D eigenvalue weighted by Gasteiger charge is -2.38. The minimum atomic E-state index is -5.26. The molecule has 1 aromatic heterocycles. The third-order valence-corrected chi connectivity index (χ3v) is 8.89. The highest BCUT2D eigenvalue weighted by Crippen LogP contribution is 2.36. The minimum absolute atomic E-state index is 0.209. The monoisotopic (exact) mass is 616 g/mol. The minimum Gasteiger partial charge on any atom is -0.351 e. The molecule has 2 aromatic rings. The molecule has 0 saturated carbocycles. The van der Waals surface area contributed by atoms with Gasteiger partial charge in [-0.05, 0) is 43.7 Å². The molecular weight excluding hydrogens is 592 g/mol. The number of piperidine rings is 1. The van der Waals surface area contributed by atoms with Crippen molar-refractivity contribution in [2.45, 2.75) is 67.8 Å². The average Bonchev–Trinajstić information content (AvgIpc) is 3.18. The first-order valence-corrected chi connectivity index (χ1v) is 13.7. The molecule has 3 heterocycles. The van der Waals surface area contributed by atoms with Gasteiger partial charge in [0.25, 0.3) is 5.92 Å². The van der Waals surface area contributed by atoms with E-state index in [0.29, 0.717) is 10.5 Å². The maximum Gasteiger partial charge on any atom is 0.522 e. The van der Waals surface area contributed by atoms with E-state index in [4.69, 9.17) is 0 Å². The number of benzene rings is 1. The number of hydrogen-bond acceptors (Lipinski definition) is 6. The van der Waals surface area contributed by atoms with Crippen molar-refractivity contribution in [1.29, 1.82) is 0 Å². The van der Waals surface area contributed by atoms with Crippen molar-refractivity contribution in [1.82, 2.24) is 14.6 Å². The Morgan fingerprint density at radius 3 is 2.46 bits per heavy atom. The molecule has 1 N–H and O–H groups in total. The van der Waals surface area contributed by atoms with E-state index in [1.54, 1.807) is 0 Å². The van der Waals surface area contributed by atoms with Gasteiger partial charge in [0.15, 0.2) is 0 Å². The second-order valence-corrected chi connectivity index (χ2v) is 11.5. The van der Waals surface area contributed by atoms with E-state index >= 15 is 0 Å². The van der Waals surface area contributed by atoms with Crippen LogP contribution in [0.25, 0.3) is 0 Å². The predicted molar refractivity (Wildman–Crippen MR) is 127 cm³/mol. The van der Waals surface area contributed by atoms with Crippen molar-refractivity contribution >= 4 is 21.7 Å². The van der Waals surface area contributed by atoms with Crippen LogP contribution in [0.5, 0.6) is 0 Å². The van der Waals surface area contributed by atoms with E-state index in [2.05, 4.69) is 15.0 Å². The first-order valence-electron chi connectivity index (χ1n) is 12.2. The molecular formula is C24H24F8N4O4S. The molecule has 2 aliphatic heterocycles. The normalized spacial score (nSPS) is 25.3. The smallest absolute Gasteiger partial charge is 0.351 e. The number of anilines is 1. The lowest BCUT2D eigenvalue weighted by molar-refractivity contribution is -0.366. The number of nitrogens with zero attached hydrogens (tertiary/aromatic N) is 3. The lowest BCUT2D eigenvalue weighted by Crippen LogP contribution is -2.54. The van der Waals surface area contributed by atoms with Crippen molar-refractivity contribution in [3.05, 3.63) is 53.7 Å². The molecule has 0 radical (unpaired) electrons. The zero-order valence-corrected chi connectivity index (χ0v) is 22.0. The predicted octanol–water partition coefficient (Wildman–Crippen LogP) is 3.92. The lowest BCUT2D eigenvalue weighted by atomic mass is 10.0. The van der Waals surface area contributed by atoms with Crippen molar-refractivity contribution in [3.8, 4) is 0 Å². The SMILES string of the molecule is C[C@H]1[C@H](F)C[C@@H](C(=O)NCc2cc(N3CC[C@H](OC(F)(F)F)C(F)(F)C3)ncc2F)N1S(=O)(=O)c1ccc(F)cc1. The summed E-state index contributed by atoms with van der Waals surface area (Å²) in [6, 6.07) is 1.93. The number of rotatable bonds is 7. The van der Waals surface area contributed by atoms with Gasteiger partial charge in [0.2, 0.25) is 15.9 Å². The number of nitrogens with one attached hydrogen (secondary N) is 1. The Kier molecular flexibility index (Phi) is 8.53. The Morgan fingerprint density at radius 2 is 1.85 bits per heavy atom. The van der Waals surface area contributed by atoms with Gasteiger partial charge in [-0.25, -0.2) is 35.4 Å². The van der Waals surface area contributed by atoms with Crippen LogP contribution in [0.1, 0.15) is 25.3 Å². The van der Waals surface area contributed by atoms with Crippen molar-refractivity contribution in [2.75, 3.05) is 18.0 Å². The van der Waals surface area contributed by atoms with Gasteiger partial charge in [-0.2, -0.15) is 4.31 Å². The van der Waals surface area contributed by atoms with Crippen LogP contribution in [0.15, 0.2) is 41.4 Å². The molecule has 0 spiro atoms. The number of sulfonamides is 1. The Bertz CT molecular complexity index is 1380. The number of alkyl halides is 6. The van der Waals surface area contributed by atoms with Crippen LogP contribution in [0.3, 0.4) is 0 Å². The number of amides is 1.